The van der Waals surface area contributed by atoms with E-state index in [0.29, 0.717) is 6.42 Å². The van der Waals surface area contributed by atoms with E-state index < -0.39 is 16.2 Å². The molecule has 0 spiro atoms. The molecule has 1 rings (SSSR count). The van der Waals surface area contributed by atoms with Gasteiger partial charge in [-0.15, -0.1) is 0 Å². The van der Waals surface area contributed by atoms with Gasteiger partial charge in [0.25, 0.3) is 5.91 Å². The molecule has 0 unspecified atom stereocenters. The second-order valence-corrected chi connectivity index (χ2v) is 4.18. The van der Waals surface area contributed by atoms with Gasteiger partial charge in [-0.2, -0.15) is 0 Å². The average molecular weight is 301 g/mol. The van der Waals surface area contributed by atoms with Crippen LogP contribution >= 0.6 is 11.6 Å². The molecular weight excluding hydrogens is 288 g/mol. The fourth-order valence-corrected chi connectivity index (χ4v) is 1.78. The van der Waals surface area contributed by atoms with Crippen LogP contribution in [0.5, 0.6) is 5.75 Å². The third kappa shape index (κ3) is 3.45. The predicted molar refractivity (Wildman–Crippen MR) is 72.2 cm³/mol. The van der Waals surface area contributed by atoms with Gasteiger partial charge < -0.3 is 4.74 Å². The molecule has 0 fully saturated rings. The molecule has 0 heterocycles. The molecule has 7 nitrogen and oxygen atoms in total. The molecule has 2 amide bonds. The van der Waals surface area contributed by atoms with Crippen LogP contribution in [0.15, 0.2) is 18.2 Å². The van der Waals surface area contributed by atoms with Crippen molar-refractivity contribution in [3.8, 4) is 5.75 Å². The molecule has 0 aromatic heterocycles. The quantitative estimate of drug-likeness (QED) is 0.361. The Morgan fingerprint density at radius 1 is 1.45 bits per heavy atom. The standard InChI is InChI=1S/C12H13ClN2O5/c1-3-6-14(12(13)17)11(16)8-4-5-10(20-2)9(7-8)15(18)19/h4-5,7H,3,6H2,1-2H3. The van der Waals surface area contributed by atoms with Gasteiger partial charge in [0.1, 0.15) is 0 Å². The Hall–Kier alpha value is -2.15. The minimum atomic E-state index is -0.921. The molecule has 0 bridgehead atoms. The number of nitro benzene ring substituents is 1. The van der Waals surface area contributed by atoms with Crippen LogP contribution < -0.4 is 4.74 Å². The number of nitrogens with zero attached hydrogens (tertiary/aromatic N) is 2. The largest absolute Gasteiger partial charge is 0.490 e. The number of benzene rings is 1. The van der Waals surface area contributed by atoms with Crippen LogP contribution in [0.1, 0.15) is 23.7 Å². The van der Waals surface area contributed by atoms with E-state index in [9.17, 15) is 19.7 Å². The van der Waals surface area contributed by atoms with Gasteiger partial charge in [0.15, 0.2) is 5.75 Å². The molecule has 108 valence electrons. The van der Waals surface area contributed by atoms with E-state index in [1.54, 1.807) is 6.92 Å². The highest BCUT2D eigenvalue weighted by atomic mass is 35.5. The third-order valence-corrected chi connectivity index (χ3v) is 2.73. The first kappa shape index (κ1) is 15.9. The lowest BCUT2D eigenvalue weighted by atomic mass is 10.1. The van der Waals surface area contributed by atoms with Crippen molar-refractivity contribution in [2.24, 2.45) is 0 Å². The number of hydrogen-bond acceptors (Lipinski definition) is 5. The number of nitro groups is 1. The minimum absolute atomic E-state index is 0.0000463. The molecule has 0 atom stereocenters. The van der Waals surface area contributed by atoms with Crippen molar-refractivity contribution < 1.29 is 19.2 Å². The predicted octanol–water partition coefficient (Wildman–Crippen LogP) is 2.81. The monoisotopic (exact) mass is 300 g/mol. The molecule has 8 heteroatoms. The first-order chi connectivity index (χ1) is 9.42. The van der Waals surface area contributed by atoms with Crippen molar-refractivity contribution >= 4 is 28.6 Å². The first-order valence-corrected chi connectivity index (χ1v) is 6.13. The van der Waals surface area contributed by atoms with E-state index in [2.05, 4.69) is 0 Å². The summed E-state index contributed by atoms with van der Waals surface area (Å²) in [6.45, 7) is 1.91. The summed E-state index contributed by atoms with van der Waals surface area (Å²) in [5.41, 5.74) is -0.350. The molecule has 0 N–H and O–H groups in total. The highest BCUT2D eigenvalue weighted by molar-refractivity contribution is 6.64. The zero-order valence-electron chi connectivity index (χ0n) is 11.0. The topological polar surface area (TPSA) is 89.8 Å². The number of carbonyl (C=O) groups excluding carboxylic acids is 2. The number of imide groups is 1. The third-order valence-electron chi connectivity index (χ3n) is 2.53. The van der Waals surface area contributed by atoms with E-state index in [1.807, 2.05) is 0 Å². The Kier molecular flexibility index (Phi) is 5.45. The molecule has 0 aliphatic heterocycles. The Bertz CT molecular complexity index is 547. The summed E-state index contributed by atoms with van der Waals surface area (Å²) in [6.07, 6.45) is 0.530. The Balaban J connectivity index is 3.19. The Morgan fingerprint density at radius 3 is 2.55 bits per heavy atom. The summed E-state index contributed by atoms with van der Waals surface area (Å²) in [7, 11) is 1.29. The minimum Gasteiger partial charge on any atom is -0.490 e. The zero-order chi connectivity index (χ0) is 15.3. The van der Waals surface area contributed by atoms with Gasteiger partial charge in [-0.05, 0) is 30.2 Å². The van der Waals surface area contributed by atoms with E-state index in [4.69, 9.17) is 16.3 Å². The molecule has 0 aliphatic carbocycles. The lowest BCUT2D eigenvalue weighted by Crippen LogP contribution is -2.33. The average Bonchev–Trinajstić information content (AvgIpc) is 2.42. The molecule has 0 aliphatic rings. The van der Waals surface area contributed by atoms with Gasteiger partial charge in [-0.3, -0.25) is 24.6 Å². The van der Waals surface area contributed by atoms with Crippen LogP contribution in [0.4, 0.5) is 10.5 Å². The number of rotatable bonds is 5. The molecule has 1 aromatic carbocycles. The maximum atomic E-state index is 12.1. The van der Waals surface area contributed by atoms with Crippen molar-refractivity contribution in [1.82, 2.24) is 4.90 Å². The lowest BCUT2D eigenvalue weighted by molar-refractivity contribution is -0.385. The van der Waals surface area contributed by atoms with Crippen LogP contribution in [0, 0.1) is 10.1 Å². The Morgan fingerprint density at radius 2 is 2.10 bits per heavy atom. The van der Waals surface area contributed by atoms with E-state index in [-0.39, 0.29) is 23.5 Å². The van der Waals surface area contributed by atoms with Crippen LogP contribution in [0.2, 0.25) is 0 Å². The van der Waals surface area contributed by atoms with Crippen molar-refractivity contribution in [3.63, 3.8) is 0 Å². The normalized spacial score (nSPS) is 9.95. The van der Waals surface area contributed by atoms with Crippen molar-refractivity contribution in [2.75, 3.05) is 13.7 Å². The van der Waals surface area contributed by atoms with Crippen LogP contribution in [-0.4, -0.2) is 34.8 Å². The smallest absolute Gasteiger partial charge is 0.323 e. The van der Waals surface area contributed by atoms with Gasteiger partial charge >= 0.3 is 11.1 Å². The highest BCUT2D eigenvalue weighted by Gasteiger charge is 2.24. The van der Waals surface area contributed by atoms with Gasteiger partial charge in [0.05, 0.1) is 12.0 Å². The summed E-state index contributed by atoms with van der Waals surface area (Å²) in [6, 6.07) is 3.70. The van der Waals surface area contributed by atoms with Crippen molar-refractivity contribution in [3.05, 3.63) is 33.9 Å². The van der Waals surface area contributed by atoms with Gasteiger partial charge in [-0.25, -0.2) is 0 Å². The summed E-state index contributed by atoms with van der Waals surface area (Å²) in [5, 5.41) is 9.97. The molecule has 20 heavy (non-hydrogen) atoms. The van der Waals surface area contributed by atoms with Crippen LogP contribution in [0.3, 0.4) is 0 Å². The maximum absolute atomic E-state index is 12.1. The van der Waals surface area contributed by atoms with E-state index in [1.165, 1.54) is 19.2 Å². The fraction of sp³-hybridized carbons (Fsp3) is 0.333. The van der Waals surface area contributed by atoms with Gasteiger partial charge in [-0.1, -0.05) is 6.92 Å². The molecule has 1 aromatic rings. The Labute approximate surface area is 120 Å². The lowest BCUT2D eigenvalue weighted by Gasteiger charge is -2.16. The fourth-order valence-electron chi connectivity index (χ4n) is 1.61. The molecule has 0 saturated heterocycles. The van der Waals surface area contributed by atoms with Crippen molar-refractivity contribution in [1.29, 1.82) is 0 Å². The summed E-state index contributed by atoms with van der Waals surface area (Å²) in [5.74, 6) is -0.650. The van der Waals surface area contributed by atoms with E-state index in [0.717, 1.165) is 11.0 Å². The number of ether oxygens (including phenoxy) is 1. The molecular formula is C12H13ClN2O5. The summed E-state index contributed by atoms with van der Waals surface area (Å²) < 4.78 is 4.84. The van der Waals surface area contributed by atoms with E-state index >= 15 is 0 Å². The number of hydrogen-bond donors (Lipinski definition) is 0. The summed E-state index contributed by atoms with van der Waals surface area (Å²) in [4.78, 5) is 34.4. The van der Waals surface area contributed by atoms with Crippen LogP contribution in [0.25, 0.3) is 0 Å². The maximum Gasteiger partial charge on any atom is 0.323 e. The number of amides is 2. The van der Waals surface area contributed by atoms with Crippen LogP contribution in [-0.2, 0) is 0 Å². The van der Waals surface area contributed by atoms with Gasteiger partial charge in [0.2, 0.25) is 0 Å². The zero-order valence-corrected chi connectivity index (χ0v) is 11.7. The second kappa shape index (κ2) is 6.85. The SMILES string of the molecule is CCCN(C(=O)Cl)C(=O)c1ccc(OC)c([N+](=O)[O-])c1. The molecule has 0 saturated carbocycles. The van der Waals surface area contributed by atoms with Gasteiger partial charge in [0, 0.05) is 18.2 Å². The number of methoxy groups -OCH3 is 1. The van der Waals surface area contributed by atoms with Crippen molar-refractivity contribution in [2.45, 2.75) is 13.3 Å². The highest BCUT2D eigenvalue weighted by Crippen LogP contribution is 2.28. The first-order valence-electron chi connectivity index (χ1n) is 5.76. The molecule has 0 radical (unpaired) electrons. The second-order valence-electron chi connectivity index (χ2n) is 3.85. The number of carbonyl (C=O) groups is 2. The summed E-state index contributed by atoms with van der Waals surface area (Å²) >= 11 is 5.34. The number of halogens is 1.